The van der Waals surface area contributed by atoms with Crippen LogP contribution in [-0.2, 0) is 4.74 Å². The number of hydrogen-bond donors (Lipinski definition) is 1. The van der Waals surface area contributed by atoms with Crippen molar-refractivity contribution >= 4 is 0 Å². The van der Waals surface area contributed by atoms with Gasteiger partial charge < -0.3 is 10.5 Å². The zero-order valence-electron chi connectivity index (χ0n) is 18.6. The van der Waals surface area contributed by atoms with E-state index in [1.165, 1.54) is 77.0 Å². The first kappa shape index (κ1) is 20.2. The number of ether oxygens (including phenoxy) is 1. The number of hydrogen-bond acceptors (Lipinski definition) is 2. The fraction of sp³-hybridized carbons (Fsp3) is 1.00. The van der Waals surface area contributed by atoms with E-state index in [0.29, 0.717) is 10.8 Å². The highest BCUT2D eigenvalue weighted by Gasteiger charge is 2.65. The second-order valence-electron chi connectivity index (χ2n) is 11.3. The first-order chi connectivity index (χ1) is 12.9. The van der Waals surface area contributed by atoms with Crippen molar-refractivity contribution in [2.45, 2.75) is 103 Å². The van der Waals surface area contributed by atoms with Crippen LogP contribution in [0, 0.1) is 40.4 Å². The smallest absolute Gasteiger partial charge is 0.0462 e. The van der Waals surface area contributed by atoms with Crippen LogP contribution in [0.1, 0.15) is 97.8 Å². The summed E-state index contributed by atoms with van der Waals surface area (Å²) >= 11 is 0. The van der Waals surface area contributed by atoms with Gasteiger partial charge in [-0.1, -0.05) is 40.0 Å². The van der Waals surface area contributed by atoms with Gasteiger partial charge in [0.15, 0.2) is 0 Å². The maximum atomic E-state index is 7.32. The Balaban J connectivity index is 1.60. The SMILES string of the molecule is CC[C@H]1CC2C3CCC(CCCOC)C3(C)CC[C@@H]2[C@@]2(C)CCCC[C@@]12N. The lowest BCUT2D eigenvalue weighted by Crippen LogP contribution is -2.69. The highest BCUT2D eigenvalue weighted by molar-refractivity contribution is 5.17. The molecule has 4 unspecified atom stereocenters. The highest BCUT2D eigenvalue weighted by Crippen LogP contribution is 2.69. The second kappa shape index (κ2) is 7.31. The minimum absolute atomic E-state index is 0.116. The summed E-state index contributed by atoms with van der Waals surface area (Å²) in [7, 11) is 1.85. The number of rotatable bonds is 5. The van der Waals surface area contributed by atoms with E-state index in [9.17, 15) is 0 Å². The lowest BCUT2D eigenvalue weighted by Gasteiger charge is -2.67. The quantitative estimate of drug-likeness (QED) is 0.582. The largest absolute Gasteiger partial charge is 0.385 e. The third kappa shape index (κ3) is 2.87. The highest BCUT2D eigenvalue weighted by atomic mass is 16.5. The summed E-state index contributed by atoms with van der Waals surface area (Å²) in [5.41, 5.74) is 8.42. The van der Waals surface area contributed by atoms with Crippen molar-refractivity contribution in [2.24, 2.45) is 46.2 Å². The predicted molar refractivity (Wildman–Crippen MR) is 114 cm³/mol. The summed E-state index contributed by atoms with van der Waals surface area (Å²) in [4.78, 5) is 0. The van der Waals surface area contributed by atoms with E-state index >= 15 is 0 Å². The topological polar surface area (TPSA) is 35.2 Å². The van der Waals surface area contributed by atoms with Gasteiger partial charge in [0.05, 0.1) is 0 Å². The van der Waals surface area contributed by atoms with Crippen LogP contribution < -0.4 is 5.73 Å². The lowest BCUT2D eigenvalue weighted by molar-refractivity contribution is -0.148. The molecule has 0 saturated heterocycles. The van der Waals surface area contributed by atoms with Crippen LogP contribution >= 0.6 is 0 Å². The molecule has 156 valence electrons. The third-order valence-corrected chi connectivity index (χ3v) is 10.7. The van der Waals surface area contributed by atoms with Gasteiger partial charge in [-0.15, -0.1) is 0 Å². The Morgan fingerprint density at radius 2 is 1.74 bits per heavy atom. The summed E-state index contributed by atoms with van der Waals surface area (Å²) in [5.74, 6) is 4.48. The normalized spacial score (nSPS) is 52.1. The molecule has 0 aliphatic heterocycles. The first-order valence-corrected chi connectivity index (χ1v) is 12.2. The van der Waals surface area contributed by atoms with E-state index in [1.54, 1.807) is 0 Å². The average Bonchev–Trinajstić information content (AvgIpc) is 2.99. The number of fused-ring (bicyclic) bond motifs is 5. The molecule has 0 aromatic heterocycles. The van der Waals surface area contributed by atoms with Crippen LogP contribution in [0.2, 0.25) is 0 Å². The Bertz CT molecular complexity index is 534. The predicted octanol–water partition coefficient (Wildman–Crippen LogP) is 6.18. The molecule has 4 rings (SSSR count). The van der Waals surface area contributed by atoms with Gasteiger partial charge in [0.25, 0.3) is 0 Å². The molecule has 4 aliphatic carbocycles. The van der Waals surface area contributed by atoms with E-state index in [0.717, 1.165) is 36.2 Å². The molecule has 2 heteroatoms. The minimum Gasteiger partial charge on any atom is -0.385 e. The maximum Gasteiger partial charge on any atom is 0.0462 e. The molecule has 0 amide bonds. The monoisotopic (exact) mass is 375 g/mol. The first-order valence-electron chi connectivity index (χ1n) is 12.2. The molecule has 8 atom stereocenters. The molecule has 0 radical (unpaired) electrons. The molecule has 0 bridgehead atoms. The van der Waals surface area contributed by atoms with Gasteiger partial charge in [-0.3, -0.25) is 0 Å². The molecule has 0 aromatic rings. The van der Waals surface area contributed by atoms with E-state index in [4.69, 9.17) is 10.5 Å². The van der Waals surface area contributed by atoms with E-state index in [1.807, 2.05) is 7.11 Å². The Hall–Kier alpha value is -0.0800. The molecule has 0 heterocycles. The van der Waals surface area contributed by atoms with E-state index in [-0.39, 0.29) is 5.54 Å². The van der Waals surface area contributed by atoms with Crippen LogP contribution in [0.15, 0.2) is 0 Å². The van der Waals surface area contributed by atoms with Crippen LogP contribution in [0.25, 0.3) is 0 Å². The third-order valence-electron chi connectivity index (χ3n) is 10.7. The van der Waals surface area contributed by atoms with E-state index in [2.05, 4.69) is 20.8 Å². The summed E-state index contributed by atoms with van der Waals surface area (Å²) in [6.07, 6.45) is 16.7. The Kier molecular flexibility index (Phi) is 5.47. The average molecular weight is 376 g/mol. The van der Waals surface area contributed by atoms with Gasteiger partial charge in [0.2, 0.25) is 0 Å². The van der Waals surface area contributed by atoms with Crippen molar-refractivity contribution < 1.29 is 4.74 Å². The molecule has 2 nitrogen and oxygen atoms in total. The van der Waals surface area contributed by atoms with Gasteiger partial charge in [-0.2, -0.15) is 0 Å². The minimum atomic E-state index is 0.116. The Labute approximate surface area is 168 Å². The van der Waals surface area contributed by atoms with Gasteiger partial charge in [0.1, 0.15) is 0 Å². The zero-order chi connectivity index (χ0) is 19.3. The summed E-state index contributed by atoms with van der Waals surface area (Å²) in [6.45, 7) is 8.65. The van der Waals surface area contributed by atoms with Crippen LogP contribution in [0.3, 0.4) is 0 Å². The molecule has 2 N–H and O–H groups in total. The molecule has 4 saturated carbocycles. The lowest BCUT2D eigenvalue weighted by atomic mass is 9.40. The molecular weight excluding hydrogens is 330 g/mol. The summed E-state index contributed by atoms with van der Waals surface area (Å²) in [6, 6.07) is 0. The maximum absolute atomic E-state index is 7.32. The summed E-state index contributed by atoms with van der Waals surface area (Å²) in [5, 5.41) is 0. The van der Waals surface area contributed by atoms with Gasteiger partial charge in [-0.25, -0.2) is 0 Å². The molecular formula is C25H45NO. The fourth-order valence-electron chi connectivity index (χ4n) is 9.16. The van der Waals surface area contributed by atoms with Crippen LogP contribution in [0.5, 0.6) is 0 Å². The van der Waals surface area contributed by atoms with E-state index < -0.39 is 0 Å². The van der Waals surface area contributed by atoms with Crippen molar-refractivity contribution in [2.75, 3.05) is 13.7 Å². The van der Waals surface area contributed by atoms with Crippen LogP contribution in [-0.4, -0.2) is 19.3 Å². The number of methoxy groups -OCH3 is 1. The molecule has 4 aliphatic rings. The second-order valence-corrected chi connectivity index (χ2v) is 11.3. The fourth-order valence-corrected chi connectivity index (χ4v) is 9.16. The number of nitrogens with two attached hydrogens (primary N) is 1. The molecule has 0 spiro atoms. The van der Waals surface area contributed by atoms with Crippen LogP contribution in [0.4, 0.5) is 0 Å². The Morgan fingerprint density at radius 3 is 2.48 bits per heavy atom. The molecule has 27 heavy (non-hydrogen) atoms. The van der Waals surface area contributed by atoms with Gasteiger partial charge in [0, 0.05) is 19.3 Å². The standard InChI is InChI=1S/C25H45NO/c1-5-18-17-20-21-11-10-19(9-8-16-27-4)23(21,2)15-12-22(20)24(3)13-6-7-14-25(18,24)26/h18-22H,5-17,26H2,1-4H3/t18-,19?,20?,21?,22-,23?,24+,25+/m0/s1. The van der Waals surface area contributed by atoms with Crippen molar-refractivity contribution in [3.8, 4) is 0 Å². The van der Waals surface area contributed by atoms with Gasteiger partial charge in [-0.05, 0) is 98.2 Å². The molecule has 4 fully saturated rings. The van der Waals surface area contributed by atoms with Crippen molar-refractivity contribution in [3.63, 3.8) is 0 Å². The summed E-state index contributed by atoms with van der Waals surface area (Å²) < 4.78 is 5.35. The zero-order valence-corrected chi connectivity index (χ0v) is 18.6. The molecule has 0 aromatic carbocycles. The van der Waals surface area contributed by atoms with Crippen molar-refractivity contribution in [3.05, 3.63) is 0 Å². The van der Waals surface area contributed by atoms with Crippen molar-refractivity contribution in [1.29, 1.82) is 0 Å². The van der Waals surface area contributed by atoms with Gasteiger partial charge >= 0.3 is 0 Å². The Morgan fingerprint density at radius 1 is 0.963 bits per heavy atom. The van der Waals surface area contributed by atoms with Crippen molar-refractivity contribution in [1.82, 2.24) is 0 Å².